The Morgan fingerprint density at radius 3 is 2.78 bits per heavy atom. The van der Waals surface area contributed by atoms with Gasteiger partial charge in [-0.2, -0.15) is 0 Å². The predicted molar refractivity (Wildman–Crippen MR) is 86.1 cm³/mol. The highest BCUT2D eigenvalue weighted by molar-refractivity contribution is 6.68. The summed E-state index contributed by atoms with van der Waals surface area (Å²) in [4.78, 5) is 25.6. The van der Waals surface area contributed by atoms with E-state index in [0.29, 0.717) is 19.4 Å². The van der Waals surface area contributed by atoms with Crippen LogP contribution in [0.3, 0.4) is 0 Å². The van der Waals surface area contributed by atoms with Crippen LogP contribution in [0.15, 0.2) is 0 Å². The molecule has 132 valence electrons. The summed E-state index contributed by atoms with van der Waals surface area (Å²) in [6, 6.07) is -0.962. The molecule has 23 heavy (non-hydrogen) atoms. The van der Waals surface area contributed by atoms with E-state index in [1.165, 1.54) is 0 Å². The molecule has 2 aliphatic heterocycles. The fraction of sp³-hybridized carbons (Fsp3) is 0.846. The lowest BCUT2D eigenvalue weighted by molar-refractivity contribution is -0.145. The van der Waals surface area contributed by atoms with E-state index in [1.807, 2.05) is 0 Å². The van der Waals surface area contributed by atoms with Gasteiger partial charge >= 0.3 is 5.97 Å². The summed E-state index contributed by atoms with van der Waals surface area (Å²) in [5.41, 5.74) is 4.29. The second kappa shape index (κ2) is 6.90. The van der Waals surface area contributed by atoms with Crippen LogP contribution in [0.5, 0.6) is 0 Å². The number of cyclic esters (lactones) is 1. The molecule has 0 saturated carbocycles. The third kappa shape index (κ3) is 3.55. The van der Waals surface area contributed by atoms with Gasteiger partial charge in [-0.25, -0.2) is 9.69 Å². The molecule has 0 spiro atoms. The van der Waals surface area contributed by atoms with E-state index in [-0.39, 0.29) is 6.54 Å². The maximum absolute atomic E-state index is 12.4. The predicted octanol–water partition coefficient (Wildman–Crippen LogP) is 0.288. The van der Waals surface area contributed by atoms with Gasteiger partial charge in [0.05, 0.1) is 6.10 Å². The molecule has 0 aromatic heterocycles. The number of ether oxygens (including phenoxy) is 1. The summed E-state index contributed by atoms with van der Waals surface area (Å²) in [5.74, 6) is -1.20. The highest BCUT2D eigenvalue weighted by atomic mass is 35.6. The molecule has 2 aliphatic rings. The number of halogens is 3. The van der Waals surface area contributed by atoms with Gasteiger partial charge in [0.2, 0.25) is 15.9 Å². The highest BCUT2D eigenvalue weighted by Gasteiger charge is 2.62. The van der Waals surface area contributed by atoms with Crippen molar-refractivity contribution >= 4 is 46.7 Å². The van der Waals surface area contributed by atoms with Crippen molar-refractivity contribution in [3.05, 3.63) is 0 Å². The van der Waals surface area contributed by atoms with Crippen LogP contribution in [0.25, 0.3) is 0 Å². The molecule has 1 amide bonds. The minimum Gasteiger partial charge on any atom is -0.440 e. The van der Waals surface area contributed by atoms with E-state index < -0.39 is 39.6 Å². The molecule has 10 heteroatoms. The summed E-state index contributed by atoms with van der Waals surface area (Å²) in [5, 5.41) is 12.8. The van der Waals surface area contributed by atoms with E-state index in [1.54, 1.807) is 11.8 Å². The van der Waals surface area contributed by atoms with Crippen LogP contribution in [0.4, 0.5) is 0 Å². The number of carbonyl (C=O) groups is 2. The normalized spacial score (nSPS) is 30.8. The highest BCUT2D eigenvalue weighted by Crippen LogP contribution is 2.46. The number of fused-ring (bicyclic) bond motifs is 1. The molecule has 2 rings (SSSR count). The molecule has 4 atom stereocenters. The van der Waals surface area contributed by atoms with Crippen LogP contribution in [0.2, 0.25) is 0 Å². The molecule has 0 unspecified atom stereocenters. The van der Waals surface area contributed by atoms with Gasteiger partial charge in [-0.05, 0) is 19.3 Å². The number of hydrogen-bond acceptors (Lipinski definition) is 6. The molecule has 2 heterocycles. The minimum absolute atomic E-state index is 0.0771. The SMILES string of the molecule is CC[C@@H](O)[C@H](NC[C@]12CCCN1[C@H](C(Cl)(Cl)Cl)OC2=O)C(N)=O. The zero-order valence-corrected chi connectivity index (χ0v) is 14.9. The first-order valence-electron chi connectivity index (χ1n) is 7.39. The number of rotatable bonds is 6. The van der Waals surface area contributed by atoms with Crippen molar-refractivity contribution in [1.29, 1.82) is 0 Å². The monoisotopic (exact) mass is 387 g/mol. The van der Waals surface area contributed by atoms with Gasteiger partial charge in [-0.1, -0.05) is 41.7 Å². The number of nitrogens with zero attached hydrogens (tertiary/aromatic N) is 1. The number of aliphatic hydroxyl groups excluding tert-OH is 1. The molecular weight excluding hydrogens is 369 g/mol. The number of alkyl halides is 3. The molecule has 4 N–H and O–H groups in total. The minimum atomic E-state index is -1.77. The lowest BCUT2D eigenvalue weighted by atomic mass is 9.96. The Labute approximate surface area is 149 Å². The van der Waals surface area contributed by atoms with Crippen molar-refractivity contribution < 1.29 is 19.4 Å². The number of aliphatic hydroxyl groups is 1. The standard InChI is InChI=1S/C13H20Cl3N3O4/c1-2-7(20)8(9(17)21)18-6-12-4-3-5-19(12)10(13(14,15)16)23-11(12)22/h7-8,10,18,20H,2-6H2,1H3,(H2,17,21)/t7-,8+,10+,12+/m1/s1. The Morgan fingerprint density at radius 2 is 2.26 bits per heavy atom. The molecule has 7 nitrogen and oxygen atoms in total. The van der Waals surface area contributed by atoms with E-state index in [4.69, 9.17) is 45.3 Å². The average molecular weight is 389 g/mol. The second-order valence-electron chi connectivity index (χ2n) is 5.86. The molecule has 0 radical (unpaired) electrons. The number of primary amides is 1. The first kappa shape index (κ1) is 19.0. The zero-order chi connectivity index (χ0) is 17.4. The van der Waals surface area contributed by atoms with Crippen molar-refractivity contribution in [3.8, 4) is 0 Å². The molecule has 0 bridgehead atoms. The van der Waals surface area contributed by atoms with Gasteiger partial charge in [-0.15, -0.1) is 0 Å². The Hall–Kier alpha value is -0.310. The Bertz CT molecular complexity index is 488. The van der Waals surface area contributed by atoms with E-state index in [2.05, 4.69) is 5.32 Å². The summed E-state index contributed by atoms with van der Waals surface area (Å²) >= 11 is 17.7. The van der Waals surface area contributed by atoms with Crippen molar-refractivity contribution in [1.82, 2.24) is 10.2 Å². The topological polar surface area (TPSA) is 105 Å². The summed E-state index contributed by atoms with van der Waals surface area (Å²) in [6.07, 6.45) is -0.346. The van der Waals surface area contributed by atoms with E-state index >= 15 is 0 Å². The molecule has 0 aromatic carbocycles. The number of nitrogens with one attached hydrogen (secondary N) is 1. The maximum Gasteiger partial charge on any atom is 0.329 e. The van der Waals surface area contributed by atoms with Crippen molar-refractivity contribution in [2.75, 3.05) is 13.1 Å². The van der Waals surface area contributed by atoms with Gasteiger partial charge < -0.3 is 20.9 Å². The van der Waals surface area contributed by atoms with Gasteiger partial charge in [0.15, 0.2) is 0 Å². The summed E-state index contributed by atoms with van der Waals surface area (Å²) in [7, 11) is 0. The molecule has 2 saturated heterocycles. The largest absolute Gasteiger partial charge is 0.440 e. The molecule has 0 aliphatic carbocycles. The fourth-order valence-electron chi connectivity index (χ4n) is 3.18. The Morgan fingerprint density at radius 1 is 1.61 bits per heavy atom. The lowest BCUT2D eigenvalue weighted by Crippen LogP contribution is -2.59. The van der Waals surface area contributed by atoms with E-state index in [9.17, 15) is 14.7 Å². The fourth-order valence-corrected chi connectivity index (χ4v) is 3.67. The molecule has 2 fully saturated rings. The van der Waals surface area contributed by atoms with Crippen LogP contribution in [0.1, 0.15) is 26.2 Å². The second-order valence-corrected chi connectivity index (χ2v) is 8.23. The van der Waals surface area contributed by atoms with E-state index in [0.717, 1.165) is 6.42 Å². The number of esters is 1. The third-order valence-electron chi connectivity index (χ3n) is 4.42. The summed E-state index contributed by atoms with van der Waals surface area (Å²) in [6.45, 7) is 2.34. The molecule has 0 aromatic rings. The van der Waals surface area contributed by atoms with Crippen molar-refractivity contribution in [3.63, 3.8) is 0 Å². The maximum atomic E-state index is 12.4. The number of hydrogen-bond donors (Lipinski definition) is 3. The summed E-state index contributed by atoms with van der Waals surface area (Å²) < 4.78 is 3.48. The average Bonchev–Trinajstić information content (AvgIpc) is 2.97. The lowest BCUT2D eigenvalue weighted by Gasteiger charge is -2.33. The van der Waals surface area contributed by atoms with Crippen LogP contribution in [-0.2, 0) is 14.3 Å². The van der Waals surface area contributed by atoms with Gasteiger partial charge in [-0.3, -0.25) is 4.79 Å². The Kier molecular flexibility index (Phi) is 5.70. The van der Waals surface area contributed by atoms with Gasteiger partial charge in [0.25, 0.3) is 0 Å². The quantitative estimate of drug-likeness (QED) is 0.446. The van der Waals surface area contributed by atoms with Crippen LogP contribution in [-0.4, -0.2) is 62.7 Å². The van der Waals surface area contributed by atoms with Crippen molar-refractivity contribution in [2.24, 2.45) is 5.73 Å². The zero-order valence-electron chi connectivity index (χ0n) is 12.6. The first-order chi connectivity index (χ1) is 10.6. The smallest absolute Gasteiger partial charge is 0.329 e. The van der Waals surface area contributed by atoms with Crippen molar-refractivity contribution in [2.45, 2.75) is 53.9 Å². The number of carbonyl (C=O) groups excluding carboxylic acids is 2. The van der Waals surface area contributed by atoms with Crippen LogP contribution < -0.4 is 11.1 Å². The molecular formula is C13H20Cl3N3O4. The third-order valence-corrected chi connectivity index (χ3v) is 4.98. The van der Waals surface area contributed by atoms with Crippen LogP contribution in [0, 0.1) is 0 Å². The number of amides is 1. The first-order valence-corrected chi connectivity index (χ1v) is 8.52. The van der Waals surface area contributed by atoms with Gasteiger partial charge in [0.1, 0.15) is 11.6 Å². The number of nitrogens with two attached hydrogens (primary N) is 1. The Balaban J connectivity index is 2.17. The van der Waals surface area contributed by atoms with Gasteiger partial charge in [0, 0.05) is 13.1 Å². The van der Waals surface area contributed by atoms with Crippen LogP contribution >= 0.6 is 34.8 Å².